The van der Waals surface area contributed by atoms with E-state index in [9.17, 15) is 9.59 Å². The van der Waals surface area contributed by atoms with Crippen LogP contribution in [0.25, 0.3) is 6.08 Å². The van der Waals surface area contributed by atoms with E-state index in [4.69, 9.17) is 16.0 Å². The van der Waals surface area contributed by atoms with Gasteiger partial charge in [0, 0.05) is 22.5 Å². The molecule has 0 radical (unpaired) electrons. The monoisotopic (exact) mass is 533 g/mol. The predicted octanol–water partition coefficient (Wildman–Crippen LogP) is 7.52. The molecule has 0 unspecified atom stereocenters. The van der Waals surface area contributed by atoms with Gasteiger partial charge in [-0.05, 0) is 76.4 Å². The van der Waals surface area contributed by atoms with Gasteiger partial charge in [0.2, 0.25) is 0 Å². The molecule has 1 aliphatic rings. The number of thioether (sulfide) groups is 1. The Morgan fingerprint density at radius 1 is 1.10 bits per heavy atom. The maximum Gasteiger partial charge on any atom is 0.293 e. The summed E-state index contributed by atoms with van der Waals surface area (Å²) in [6.45, 7) is 0.399. The topological polar surface area (TPSA) is 50.5 Å². The zero-order valence-electron chi connectivity index (χ0n) is 16.2. The highest BCUT2D eigenvalue weighted by Crippen LogP contribution is 2.38. The Hall–Kier alpha value is -1.93. The average molecular weight is 535 g/mol. The van der Waals surface area contributed by atoms with Crippen molar-refractivity contribution in [2.75, 3.05) is 6.54 Å². The SMILES string of the molecule is O=C1S/C(=C/c2cc(Br)c(Sc3ccc(Cl)cc3)o2)C(=O)N1CCCc1ccccc1. The fraction of sp³-hybridized carbons (Fsp3) is 0.130. The molecule has 1 aliphatic heterocycles. The van der Waals surface area contributed by atoms with Crippen molar-refractivity contribution < 1.29 is 14.0 Å². The second-order valence-corrected chi connectivity index (χ2v) is 10.1. The first kappa shape index (κ1) is 22.3. The predicted molar refractivity (Wildman–Crippen MR) is 129 cm³/mol. The van der Waals surface area contributed by atoms with Gasteiger partial charge in [-0.2, -0.15) is 0 Å². The fourth-order valence-electron chi connectivity index (χ4n) is 3.03. The van der Waals surface area contributed by atoms with Crippen molar-refractivity contribution in [3.05, 3.63) is 86.4 Å². The van der Waals surface area contributed by atoms with E-state index in [0.717, 1.165) is 34.0 Å². The van der Waals surface area contributed by atoms with Crippen LogP contribution < -0.4 is 0 Å². The van der Waals surface area contributed by atoms with Crippen molar-refractivity contribution in [1.82, 2.24) is 4.90 Å². The third kappa shape index (κ3) is 5.66. The van der Waals surface area contributed by atoms with Crippen LogP contribution in [0, 0.1) is 0 Å². The smallest absolute Gasteiger partial charge is 0.293 e. The molecule has 4 nitrogen and oxygen atoms in total. The maximum absolute atomic E-state index is 12.7. The van der Waals surface area contributed by atoms with Gasteiger partial charge in [-0.15, -0.1) is 0 Å². The van der Waals surface area contributed by atoms with Crippen LogP contribution in [-0.2, 0) is 11.2 Å². The lowest BCUT2D eigenvalue weighted by Crippen LogP contribution is -2.29. The zero-order chi connectivity index (χ0) is 21.8. The summed E-state index contributed by atoms with van der Waals surface area (Å²) in [7, 11) is 0. The molecule has 0 saturated carbocycles. The van der Waals surface area contributed by atoms with Crippen LogP contribution in [0.15, 0.2) is 84.4 Å². The Kier molecular flexibility index (Phi) is 7.27. The van der Waals surface area contributed by atoms with Gasteiger partial charge in [-0.25, -0.2) is 0 Å². The molecule has 8 heteroatoms. The molecular weight excluding hydrogens is 518 g/mol. The lowest BCUT2D eigenvalue weighted by molar-refractivity contribution is -0.122. The van der Waals surface area contributed by atoms with Crippen LogP contribution in [0.3, 0.4) is 0 Å². The van der Waals surface area contributed by atoms with Crippen molar-refractivity contribution >= 4 is 68.3 Å². The second kappa shape index (κ2) is 10.1. The highest BCUT2D eigenvalue weighted by molar-refractivity contribution is 9.10. The normalized spacial score (nSPS) is 15.3. The second-order valence-electron chi connectivity index (χ2n) is 6.76. The molecule has 0 spiro atoms. The molecule has 31 heavy (non-hydrogen) atoms. The van der Waals surface area contributed by atoms with Crippen molar-refractivity contribution in [2.24, 2.45) is 0 Å². The number of hydrogen-bond acceptors (Lipinski definition) is 5. The van der Waals surface area contributed by atoms with Crippen molar-refractivity contribution in [1.29, 1.82) is 0 Å². The van der Waals surface area contributed by atoms with Crippen LogP contribution in [0.4, 0.5) is 4.79 Å². The minimum absolute atomic E-state index is 0.245. The van der Waals surface area contributed by atoms with E-state index in [2.05, 4.69) is 15.9 Å². The van der Waals surface area contributed by atoms with Gasteiger partial charge in [0.05, 0.1) is 9.38 Å². The molecule has 1 aromatic heterocycles. The molecule has 2 aromatic carbocycles. The third-order valence-corrected chi connectivity index (χ3v) is 7.54. The van der Waals surface area contributed by atoms with Crippen LogP contribution in [-0.4, -0.2) is 22.6 Å². The number of carbonyl (C=O) groups is 2. The first-order valence-corrected chi connectivity index (χ1v) is 12.3. The third-order valence-electron chi connectivity index (χ3n) is 4.54. The number of amides is 2. The number of aryl methyl sites for hydroxylation is 1. The van der Waals surface area contributed by atoms with E-state index in [1.165, 1.54) is 22.2 Å². The highest BCUT2D eigenvalue weighted by Gasteiger charge is 2.34. The minimum atomic E-state index is -0.275. The summed E-state index contributed by atoms with van der Waals surface area (Å²) in [4.78, 5) is 27.7. The molecule has 158 valence electrons. The van der Waals surface area contributed by atoms with Gasteiger partial charge >= 0.3 is 0 Å². The molecule has 0 N–H and O–H groups in total. The Morgan fingerprint density at radius 3 is 2.58 bits per heavy atom. The summed E-state index contributed by atoms with van der Waals surface area (Å²) < 4.78 is 6.66. The quantitative estimate of drug-likeness (QED) is 0.293. The Morgan fingerprint density at radius 2 is 1.84 bits per heavy atom. The lowest BCUT2D eigenvalue weighted by Gasteiger charge is -2.11. The molecule has 0 bridgehead atoms. The van der Waals surface area contributed by atoms with Gasteiger partial charge < -0.3 is 4.42 Å². The van der Waals surface area contributed by atoms with Gasteiger partial charge in [-0.3, -0.25) is 14.5 Å². The van der Waals surface area contributed by atoms with E-state index in [1.54, 1.807) is 12.1 Å². The number of rotatable bonds is 7. The molecule has 2 amide bonds. The molecule has 1 saturated heterocycles. The van der Waals surface area contributed by atoms with Gasteiger partial charge in [-0.1, -0.05) is 53.7 Å². The number of hydrogen-bond donors (Lipinski definition) is 0. The summed E-state index contributed by atoms with van der Waals surface area (Å²) >= 11 is 11.8. The summed E-state index contributed by atoms with van der Waals surface area (Å²) in [5.41, 5.74) is 1.19. The molecule has 0 atom stereocenters. The Bertz CT molecular complexity index is 1130. The van der Waals surface area contributed by atoms with Crippen LogP contribution in [0.1, 0.15) is 17.7 Å². The average Bonchev–Trinajstić information content (AvgIpc) is 3.23. The number of imide groups is 1. The first-order valence-electron chi connectivity index (χ1n) is 9.51. The summed E-state index contributed by atoms with van der Waals surface area (Å²) in [5, 5.41) is 1.09. The summed E-state index contributed by atoms with van der Waals surface area (Å²) in [6, 6.07) is 19.3. The number of halogens is 2. The largest absolute Gasteiger partial charge is 0.449 e. The van der Waals surface area contributed by atoms with E-state index in [-0.39, 0.29) is 11.1 Å². The van der Waals surface area contributed by atoms with E-state index in [1.807, 2.05) is 54.6 Å². The fourth-order valence-corrected chi connectivity index (χ4v) is 5.33. The van der Waals surface area contributed by atoms with Crippen LogP contribution in [0.5, 0.6) is 0 Å². The van der Waals surface area contributed by atoms with E-state index >= 15 is 0 Å². The maximum atomic E-state index is 12.7. The van der Waals surface area contributed by atoms with Crippen molar-refractivity contribution in [3.63, 3.8) is 0 Å². The number of furan rings is 1. The summed E-state index contributed by atoms with van der Waals surface area (Å²) in [6.07, 6.45) is 3.17. The standard InChI is InChI=1S/C23H17BrClNO3S2/c24-19-13-17(29-22(19)30-18-10-8-16(25)9-11-18)14-20-21(27)26(23(28)31-20)12-4-7-15-5-2-1-3-6-15/h1-3,5-6,8-11,13-14H,4,7,12H2/b20-14+. The summed E-state index contributed by atoms with van der Waals surface area (Å²) in [5.74, 6) is 0.237. The number of benzene rings is 2. The number of carbonyl (C=O) groups excluding carboxylic acids is 2. The van der Waals surface area contributed by atoms with Crippen molar-refractivity contribution in [2.45, 2.75) is 22.8 Å². The first-order chi connectivity index (χ1) is 15.0. The molecule has 0 aliphatic carbocycles. The van der Waals surface area contributed by atoms with Gasteiger partial charge in [0.25, 0.3) is 11.1 Å². The zero-order valence-corrected chi connectivity index (χ0v) is 20.2. The molecule has 2 heterocycles. The van der Waals surface area contributed by atoms with Crippen molar-refractivity contribution in [3.8, 4) is 0 Å². The highest BCUT2D eigenvalue weighted by atomic mass is 79.9. The molecule has 4 rings (SSSR count). The molecule has 3 aromatic rings. The Balaban J connectivity index is 1.41. The van der Waals surface area contributed by atoms with Gasteiger partial charge in [0.1, 0.15) is 5.76 Å². The Labute approximate surface area is 202 Å². The number of nitrogens with zero attached hydrogens (tertiary/aromatic N) is 1. The lowest BCUT2D eigenvalue weighted by atomic mass is 10.1. The van der Waals surface area contributed by atoms with Gasteiger partial charge in [0.15, 0.2) is 5.09 Å². The van der Waals surface area contributed by atoms with Crippen LogP contribution >= 0.6 is 51.1 Å². The molecule has 1 fully saturated rings. The molecular formula is C23H17BrClNO3S2. The van der Waals surface area contributed by atoms with E-state index < -0.39 is 0 Å². The van der Waals surface area contributed by atoms with E-state index in [0.29, 0.717) is 27.3 Å². The van der Waals surface area contributed by atoms with Crippen LogP contribution in [0.2, 0.25) is 5.02 Å². The minimum Gasteiger partial charge on any atom is -0.449 e.